The molecule has 1 rings (SSSR count). The lowest BCUT2D eigenvalue weighted by Gasteiger charge is -2.06. The summed E-state index contributed by atoms with van der Waals surface area (Å²) in [7, 11) is 1.30. The number of nitrogens with zero attached hydrogens (tertiary/aromatic N) is 1. The molecule has 0 aliphatic heterocycles. The van der Waals surface area contributed by atoms with Crippen LogP contribution < -0.4 is 5.48 Å². The molecule has 2 N–H and O–H groups in total. The Hall–Kier alpha value is -1.59. The molecule has 0 bridgehead atoms. The van der Waals surface area contributed by atoms with Gasteiger partial charge in [0.25, 0.3) is 0 Å². The molecule has 0 saturated carbocycles. The number of rotatable bonds is 3. The highest BCUT2D eigenvalue weighted by Gasteiger charge is 2.11. The van der Waals surface area contributed by atoms with E-state index in [4.69, 9.17) is 16.8 Å². The van der Waals surface area contributed by atoms with Crippen LogP contribution in [0.4, 0.5) is 5.69 Å². The van der Waals surface area contributed by atoms with Crippen molar-refractivity contribution in [1.29, 1.82) is 0 Å². The number of hydroxylamine groups is 1. The van der Waals surface area contributed by atoms with Crippen LogP contribution in [-0.2, 0) is 4.74 Å². The second-order valence-electron chi connectivity index (χ2n) is 3.00. The summed E-state index contributed by atoms with van der Waals surface area (Å²) in [6.07, 6.45) is 1.09. The van der Waals surface area contributed by atoms with Crippen molar-refractivity contribution in [2.24, 2.45) is 4.99 Å². The summed E-state index contributed by atoms with van der Waals surface area (Å²) in [6, 6.07) is 3.08. The first-order valence-electron chi connectivity index (χ1n) is 4.40. The minimum absolute atomic E-state index is 0.312. The first-order valence-corrected chi connectivity index (χ1v) is 4.78. The highest BCUT2D eigenvalue weighted by molar-refractivity contribution is 6.33. The molecule has 0 spiro atoms. The molecular weight excluding hydrogens is 232 g/mol. The van der Waals surface area contributed by atoms with Crippen molar-refractivity contribution < 1.29 is 14.7 Å². The fourth-order valence-electron chi connectivity index (χ4n) is 1.23. The van der Waals surface area contributed by atoms with Crippen LogP contribution in [0, 0.1) is 6.92 Å². The quantitative estimate of drug-likeness (QED) is 0.368. The highest BCUT2D eigenvalue weighted by Crippen LogP contribution is 2.30. The van der Waals surface area contributed by atoms with Gasteiger partial charge in [-0.3, -0.25) is 10.7 Å². The van der Waals surface area contributed by atoms with Gasteiger partial charge in [-0.05, 0) is 24.6 Å². The van der Waals surface area contributed by atoms with Gasteiger partial charge in [-0.1, -0.05) is 11.6 Å². The molecule has 6 heteroatoms. The fraction of sp³-hybridized carbons (Fsp3) is 0.200. The predicted molar refractivity (Wildman–Crippen MR) is 60.6 cm³/mol. The van der Waals surface area contributed by atoms with E-state index in [-0.39, 0.29) is 0 Å². The molecule has 5 nitrogen and oxygen atoms in total. The van der Waals surface area contributed by atoms with Gasteiger partial charge in [0.1, 0.15) is 6.34 Å². The minimum Gasteiger partial charge on any atom is -0.465 e. The van der Waals surface area contributed by atoms with Gasteiger partial charge in [0, 0.05) is 0 Å². The molecule has 86 valence electrons. The Morgan fingerprint density at radius 3 is 2.81 bits per heavy atom. The summed E-state index contributed by atoms with van der Waals surface area (Å²) in [6.45, 7) is 1.75. The third kappa shape index (κ3) is 2.71. The third-order valence-corrected chi connectivity index (χ3v) is 2.21. The van der Waals surface area contributed by atoms with E-state index in [0.717, 1.165) is 6.34 Å². The Morgan fingerprint density at radius 1 is 1.62 bits per heavy atom. The molecule has 1 aromatic rings. The minimum atomic E-state index is -0.458. The standard InChI is InChI=1S/C10H11ClN2O3/c1-6-3-7(10(14)16-2)4-8(11)9(6)12-5-13-15/h3-5,15H,1-2H3,(H,12,13). The summed E-state index contributed by atoms with van der Waals surface area (Å²) in [5.41, 5.74) is 3.33. The molecule has 0 heterocycles. The van der Waals surface area contributed by atoms with E-state index in [2.05, 4.69) is 9.73 Å². The van der Waals surface area contributed by atoms with E-state index in [1.54, 1.807) is 18.5 Å². The number of halogens is 1. The zero-order chi connectivity index (χ0) is 12.1. The molecule has 16 heavy (non-hydrogen) atoms. The number of carbonyl (C=O) groups excluding carboxylic acids is 1. The number of ether oxygens (including phenoxy) is 1. The lowest BCUT2D eigenvalue weighted by Crippen LogP contribution is -2.03. The summed E-state index contributed by atoms with van der Waals surface area (Å²) in [5, 5.41) is 8.69. The second kappa shape index (κ2) is 5.48. The zero-order valence-corrected chi connectivity index (χ0v) is 9.58. The molecule has 0 atom stereocenters. The molecule has 0 radical (unpaired) electrons. The van der Waals surface area contributed by atoms with Gasteiger partial charge in [-0.2, -0.15) is 0 Å². The van der Waals surface area contributed by atoms with Gasteiger partial charge in [-0.25, -0.2) is 9.79 Å². The summed E-state index contributed by atoms with van der Waals surface area (Å²) < 4.78 is 4.58. The van der Waals surface area contributed by atoms with E-state index in [9.17, 15) is 4.79 Å². The van der Waals surface area contributed by atoms with Gasteiger partial charge >= 0.3 is 5.97 Å². The zero-order valence-electron chi connectivity index (χ0n) is 8.82. The average Bonchev–Trinajstić information content (AvgIpc) is 2.26. The van der Waals surface area contributed by atoms with Crippen LogP contribution >= 0.6 is 11.6 Å². The van der Waals surface area contributed by atoms with Gasteiger partial charge < -0.3 is 4.74 Å². The van der Waals surface area contributed by atoms with Gasteiger partial charge in [0.2, 0.25) is 0 Å². The second-order valence-corrected chi connectivity index (χ2v) is 3.41. The number of benzene rings is 1. The van der Waals surface area contributed by atoms with Crippen LogP contribution in [0.2, 0.25) is 5.02 Å². The largest absolute Gasteiger partial charge is 0.465 e. The van der Waals surface area contributed by atoms with Crippen molar-refractivity contribution in [3.05, 3.63) is 28.3 Å². The molecule has 0 fully saturated rings. The normalized spacial score (nSPS) is 10.5. The Labute approximate surface area is 97.7 Å². The molecule has 0 saturated heterocycles. The van der Waals surface area contributed by atoms with Crippen LogP contribution in [-0.4, -0.2) is 24.6 Å². The number of hydrogen-bond acceptors (Lipinski definition) is 4. The van der Waals surface area contributed by atoms with Gasteiger partial charge in [0.15, 0.2) is 0 Å². The van der Waals surface area contributed by atoms with Crippen molar-refractivity contribution >= 4 is 29.6 Å². The Bertz CT molecular complexity index is 409. The lowest BCUT2D eigenvalue weighted by molar-refractivity contribution is 0.0600. The molecule has 0 unspecified atom stereocenters. The summed E-state index contributed by atoms with van der Waals surface area (Å²) in [5.74, 6) is -0.458. The van der Waals surface area contributed by atoms with Crippen LogP contribution in [0.3, 0.4) is 0 Å². The van der Waals surface area contributed by atoms with Gasteiger partial charge in [0.05, 0.1) is 23.4 Å². The Balaban J connectivity index is 3.17. The smallest absolute Gasteiger partial charge is 0.337 e. The number of methoxy groups -OCH3 is 1. The van der Waals surface area contributed by atoms with Crippen molar-refractivity contribution in [1.82, 2.24) is 5.48 Å². The number of hydrogen-bond donors (Lipinski definition) is 2. The monoisotopic (exact) mass is 242 g/mol. The molecule has 0 aliphatic carbocycles. The molecular formula is C10H11ClN2O3. The van der Waals surface area contributed by atoms with E-state index in [1.807, 2.05) is 0 Å². The lowest BCUT2D eigenvalue weighted by atomic mass is 10.1. The maximum atomic E-state index is 11.3. The SMILES string of the molecule is COC(=O)c1cc(C)c(N=CNO)c(Cl)c1. The Kier molecular flexibility index (Phi) is 4.28. The topological polar surface area (TPSA) is 70.9 Å². The van der Waals surface area contributed by atoms with Crippen LogP contribution in [0.15, 0.2) is 17.1 Å². The predicted octanol–water partition coefficient (Wildman–Crippen LogP) is 2.07. The first-order chi connectivity index (χ1) is 7.60. The first kappa shape index (κ1) is 12.5. The van der Waals surface area contributed by atoms with E-state index in [0.29, 0.717) is 21.8 Å². The van der Waals surface area contributed by atoms with E-state index >= 15 is 0 Å². The van der Waals surface area contributed by atoms with Crippen LogP contribution in [0.25, 0.3) is 0 Å². The van der Waals surface area contributed by atoms with Crippen LogP contribution in [0.5, 0.6) is 0 Å². The average molecular weight is 243 g/mol. The van der Waals surface area contributed by atoms with Crippen molar-refractivity contribution in [2.45, 2.75) is 6.92 Å². The molecule has 0 amide bonds. The summed E-state index contributed by atoms with van der Waals surface area (Å²) in [4.78, 5) is 15.2. The van der Waals surface area contributed by atoms with E-state index < -0.39 is 5.97 Å². The Morgan fingerprint density at radius 2 is 2.31 bits per heavy atom. The molecule has 1 aromatic carbocycles. The highest BCUT2D eigenvalue weighted by atomic mass is 35.5. The van der Waals surface area contributed by atoms with Crippen molar-refractivity contribution in [3.63, 3.8) is 0 Å². The van der Waals surface area contributed by atoms with Crippen LogP contribution in [0.1, 0.15) is 15.9 Å². The van der Waals surface area contributed by atoms with E-state index in [1.165, 1.54) is 13.2 Å². The van der Waals surface area contributed by atoms with Gasteiger partial charge in [-0.15, -0.1) is 0 Å². The molecule has 0 aliphatic rings. The number of aliphatic imine (C=N–C) groups is 1. The number of aryl methyl sites for hydroxylation is 1. The van der Waals surface area contributed by atoms with Crippen molar-refractivity contribution in [3.8, 4) is 0 Å². The number of carbonyl (C=O) groups is 1. The third-order valence-electron chi connectivity index (χ3n) is 1.93. The fourth-order valence-corrected chi connectivity index (χ4v) is 1.54. The maximum absolute atomic E-state index is 11.3. The number of nitrogens with one attached hydrogen (secondary N) is 1. The molecule has 0 aromatic heterocycles. The summed E-state index contributed by atoms with van der Waals surface area (Å²) >= 11 is 5.94. The number of esters is 1. The van der Waals surface area contributed by atoms with Crippen molar-refractivity contribution in [2.75, 3.05) is 7.11 Å². The maximum Gasteiger partial charge on any atom is 0.337 e.